The fraction of sp³-hybridized carbons (Fsp3) is 0.450. The number of aromatic amines is 1. The van der Waals surface area contributed by atoms with Crippen molar-refractivity contribution in [1.82, 2.24) is 14.9 Å². The molecule has 27 heavy (non-hydrogen) atoms. The Bertz CT molecular complexity index is 1050. The highest BCUT2D eigenvalue weighted by atomic mass is 16.3. The zero-order valence-electron chi connectivity index (χ0n) is 15.8. The maximum Gasteiger partial charge on any atom is 0.279 e. The lowest BCUT2D eigenvalue weighted by atomic mass is 10.1. The molecular weight excluding hydrogens is 342 g/mol. The highest BCUT2D eigenvalue weighted by molar-refractivity contribution is 5.77. The van der Waals surface area contributed by atoms with Crippen LogP contribution in [0.1, 0.15) is 24.0 Å². The van der Waals surface area contributed by atoms with Gasteiger partial charge < -0.3 is 15.0 Å². The highest BCUT2D eigenvalue weighted by Gasteiger charge is 2.27. The summed E-state index contributed by atoms with van der Waals surface area (Å²) in [5, 5.41) is 9.92. The van der Waals surface area contributed by atoms with Crippen LogP contribution in [0, 0.1) is 13.8 Å². The summed E-state index contributed by atoms with van der Waals surface area (Å²) in [6.07, 6.45) is 2.13. The minimum atomic E-state index is -0.270. The number of aliphatic hydroxyl groups is 1. The van der Waals surface area contributed by atoms with Crippen molar-refractivity contribution in [3.05, 3.63) is 44.5 Å². The standard InChI is InChI=1S/C20H25N5O2/c1-12-9-16-17(10-13(12)2)25(8-7-24-6-4-5-15(24)11-26)19-18(23-16)20(27)22-14(3)21-19/h9-10,15,26H,3-8,11H2,1-2H3,(H,22,27)/t15-/m0/s1. The number of anilines is 2. The fourth-order valence-corrected chi connectivity index (χ4v) is 3.97. The van der Waals surface area contributed by atoms with Crippen LogP contribution in [0.25, 0.3) is 6.58 Å². The minimum Gasteiger partial charge on any atom is -0.395 e. The average Bonchev–Trinajstić information content (AvgIpc) is 3.08. The number of hydrogen-bond acceptors (Lipinski definition) is 6. The first kappa shape index (κ1) is 17.9. The number of H-pyrrole nitrogens is 1. The van der Waals surface area contributed by atoms with Crippen molar-refractivity contribution in [1.29, 1.82) is 0 Å². The third kappa shape index (κ3) is 3.17. The molecule has 2 aliphatic rings. The number of rotatable bonds is 4. The molecule has 0 amide bonds. The van der Waals surface area contributed by atoms with E-state index in [2.05, 4.69) is 44.3 Å². The second kappa shape index (κ2) is 6.90. The van der Waals surface area contributed by atoms with Crippen LogP contribution >= 0.6 is 0 Å². The molecule has 2 aromatic rings. The first-order chi connectivity index (χ1) is 13.0. The molecule has 1 fully saturated rings. The van der Waals surface area contributed by atoms with E-state index in [0.717, 1.165) is 42.9 Å². The van der Waals surface area contributed by atoms with Crippen molar-refractivity contribution in [2.24, 2.45) is 4.99 Å². The van der Waals surface area contributed by atoms with Gasteiger partial charge in [-0.1, -0.05) is 6.58 Å². The Balaban J connectivity index is 1.79. The van der Waals surface area contributed by atoms with Crippen LogP contribution in [-0.2, 0) is 0 Å². The van der Waals surface area contributed by atoms with E-state index < -0.39 is 0 Å². The zero-order chi connectivity index (χ0) is 19.1. The van der Waals surface area contributed by atoms with E-state index in [1.165, 1.54) is 5.56 Å². The lowest BCUT2D eigenvalue weighted by Gasteiger charge is -2.31. The van der Waals surface area contributed by atoms with Gasteiger partial charge >= 0.3 is 0 Å². The monoisotopic (exact) mass is 367 g/mol. The van der Waals surface area contributed by atoms with E-state index in [0.29, 0.717) is 23.2 Å². The topological polar surface area (TPSA) is 84.8 Å². The molecule has 7 heteroatoms. The summed E-state index contributed by atoms with van der Waals surface area (Å²) < 4.78 is 0. The summed E-state index contributed by atoms with van der Waals surface area (Å²) in [4.78, 5) is 28.6. The predicted octanol–water partition coefficient (Wildman–Crippen LogP) is 0.657. The number of likely N-dealkylation sites (tertiary alicyclic amines) is 1. The van der Waals surface area contributed by atoms with E-state index in [9.17, 15) is 9.90 Å². The molecule has 1 atom stereocenters. The summed E-state index contributed by atoms with van der Waals surface area (Å²) in [7, 11) is 0. The van der Waals surface area contributed by atoms with Crippen LogP contribution in [0.3, 0.4) is 0 Å². The van der Waals surface area contributed by atoms with Crippen LogP contribution in [0.4, 0.5) is 17.2 Å². The third-order valence-corrected chi connectivity index (χ3v) is 5.62. The Morgan fingerprint density at radius 2 is 2.07 bits per heavy atom. The first-order valence-corrected chi connectivity index (χ1v) is 9.39. The number of nitrogens with zero attached hydrogens (tertiary/aromatic N) is 4. The number of aliphatic hydroxyl groups excluding tert-OH is 1. The van der Waals surface area contributed by atoms with Gasteiger partial charge in [-0.2, -0.15) is 0 Å². The maximum atomic E-state index is 12.5. The maximum absolute atomic E-state index is 12.5. The highest BCUT2D eigenvalue weighted by Crippen LogP contribution is 2.36. The average molecular weight is 367 g/mol. The van der Waals surface area contributed by atoms with Gasteiger partial charge in [-0.25, -0.2) is 9.98 Å². The summed E-state index contributed by atoms with van der Waals surface area (Å²) in [5.41, 5.74) is 4.12. The van der Waals surface area contributed by atoms with Crippen LogP contribution in [0.2, 0.25) is 0 Å². The normalized spacial score (nSPS) is 18.9. The Morgan fingerprint density at radius 3 is 2.85 bits per heavy atom. The van der Waals surface area contributed by atoms with Crippen molar-refractivity contribution in [3.63, 3.8) is 0 Å². The third-order valence-electron chi connectivity index (χ3n) is 5.62. The van der Waals surface area contributed by atoms with Gasteiger partial charge in [0.05, 0.1) is 18.0 Å². The summed E-state index contributed by atoms with van der Waals surface area (Å²) >= 11 is 0. The van der Waals surface area contributed by atoms with Crippen LogP contribution in [0.15, 0.2) is 21.9 Å². The van der Waals surface area contributed by atoms with E-state index in [-0.39, 0.29) is 18.2 Å². The first-order valence-electron chi connectivity index (χ1n) is 9.39. The molecule has 1 saturated heterocycles. The number of fused-ring (bicyclic) bond motifs is 2. The molecular formula is C20H25N5O2. The van der Waals surface area contributed by atoms with Gasteiger partial charge in [0, 0.05) is 19.1 Å². The number of hydrogen-bond donors (Lipinski definition) is 2. The molecule has 0 radical (unpaired) electrons. The molecule has 0 saturated carbocycles. The molecule has 4 rings (SSSR count). The van der Waals surface area contributed by atoms with Crippen LogP contribution < -0.4 is 21.3 Å². The van der Waals surface area contributed by atoms with E-state index in [4.69, 9.17) is 0 Å². The molecule has 2 N–H and O–H groups in total. The van der Waals surface area contributed by atoms with Crippen molar-refractivity contribution in [2.45, 2.75) is 32.7 Å². The Labute approximate surface area is 157 Å². The Morgan fingerprint density at radius 1 is 1.30 bits per heavy atom. The van der Waals surface area contributed by atoms with Gasteiger partial charge in [0.15, 0.2) is 11.2 Å². The second-order valence-electron chi connectivity index (χ2n) is 7.39. The quantitative estimate of drug-likeness (QED) is 0.829. The number of aryl methyl sites for hydroxylation is 2. The zero-order valence-corrected chi connectivity index (χ0v) is 15.8. The molecule has 3 heterocycles. The van der Waals surface area contributed by atoms with Crippen LogP contribution in [0.5, 0.6) is 0 Å². The Hall–Kier alpha value is -2.51. The largest absolute Gasteiger partial charge is 0.395 e. The van der Waals surface area contributed by atoms with Gasteiger partial charge in [-0.15, -0.1) is 0 Å². The van der Waals surface area contributed by atoms with E-state index >= 15 is 0 Å². The summed E-state index contributed by atoms with van der Waals surface area (Å²) in [6, 6.07) is 4.34. The summed E-state index contributed by atoms with van der Waals surface area (Å²) in [6.45, 7) is 10.5. The molecule has 0 unspecified atom stereocenters. The van der Waals surface area contributed by atoms with Gasteiger partial charge in [0.25, 0.3) is 5.56 Å². The molecule has 0 bridgehead atoms. The lowest BCUT2D eigenvalue weighted by Crippen LogP contribution is -2.45. The smallest absolute Gasteiger partial charge is 0.279 e. The van der Waals surface area contributed by atoms with E-state index in [1.807, 2.05) is 13.0 Å². The molecule has 142 valence electrons. The number of benzene rings is 1. The fourth-order valence-electron chi connectivity index (χ4n) is 3.97. The number of aromatic nitrogens is 2. The number of nitrogens with one attached hydrogen (secondary N) is 1. The summed E-state index contributed by atoms with van der Waals surface area (Å²) in [5.74, 6) is 0.555. The minimum absolute atomic E-state index is 0.182. The van der Waals surface area contributed by atoms with Gasteiger partial charge in [-0.3, -0.25) is 9.69 Å². The molecule has 0 aliphatic carbocycles. The van der Waals surface area contributed by atoms with Gasteiger partial charge in [0.2, 0.25) is 0 Å². The SMILES string of the molecule is C=c1nc2c(c(=O)[nH]1)=Nc1cc(C)c(C)cc1N2CCN1CCC[C@H]1CO. The van der Waals surface area contributed by atoms with E-state index in [1.54, 1.807) is 0 Å². The van der Waals surface area contributed by atoms with Crippen LogP contribution in [-0.4, -0.2) is 52.3 Å². The van der Waals surface area contributed by atoms with Crippen molar-refractivity contribution >= 4 is 23.8 Å². The lowest BCUT2D eigenvalue weighted by molar-refractivity contribution is 0.162. The van der Waals surface area contributed by atoms with Crippen molar-refractivity contribution in [2.75, 3.05) is 31.1 Å². The van der Waals surface area contributed by atoms with Crippen molar-refractivity contribution in [3.8, 4) is 0 Å². The molecule has 1 aromatic carbocycles. The van der Waals surface area contributed by atoms with Gasteiger partial charge in [-0.05, 0) is 56.5 Å². The van der Waals surface area contributed by atoms with Gasteiger partial charge in [0.1, 0.15) is 5.48 Å². The second-order valence-corrected chi connectivity index (χ2v) is 7.39. The predicted molar refractivity (Wildman–Crippen MR) is 105 cm³/mol. The molecule has 1 aromatic heterocycles. The Kier molecular flexibility index (Phi) is 4.57. The molecule has 0 spiro atoms. The molecule has 7 nitrogen and oxygen atoms in total. The van der Waals surface area contributed by atoms with Crippen molar-refractivity contribution < 1.29 is 5.11 Å². The molecule has 2 aliphatic heterocycles.